The van der Waals surface area contributed by atoms with Crippen LogP contribution in [0.2, 0.25) is 0 Å². The monoisotopic (exact) mass is 751 g/mol. The topological polar surface area (TPSA) is 164 Å². The Kier molecular flexibility index (Phi) is 10.2. The fourth-order valence-corrected chi connectivity index (χ4v) is 9.09. The predicted molar refractivity (Wildman–Crippen MR) is 182 cm³/mol. The first kappa shape index (κ1) is 36.8. The molecule has 1 aromatic heterocycles. The van der Waals surface area contributed by atoms with E-state index in [-0.39, 0.29) is 36.4 Å². The molecule has 3 N–H and O–H groups in total. The number of hydrogen-bond acceptors (Lipinski definition) is 9. The summed E-state index contributed by atoms with van der Waals surface area (Å²) in [5.74, 6) is -4.28. The van der Waals surface area contributed by atoms with Gasteiger partial charge < -0.3 is 15.0 Å². The van der Waals surface area contributed by atoms with Crippen molar-refractivity contribution in [2.24, 2.45) is 17.8 Å². The van der Waals surface area contributed by atoms with E-state index in [9.17, 15) is 40.8 Å². The lowest BCUT2D eigenvalue weighted by Crippen LogP contribution is -2.54. The van der Waals surface area contributed by atoms with Crippen LogP contribution < -0.4 is 15.4 Å². The number of allylic oxidation sites excluding steroid dienone is 1. The highest BCUT2D eigenvalue weighted by Gasteiger charge is 2.62. The summed E-state index contributed by atoms with van der Waals surface area (Å²) in [6.45, 7) is 2.31. The zero-order chi connectivity index (χ0) is 36.7. The fourth-order valence-electron chi connectivity index (χ4n) is 6.79. The lowest BCUT2D eigenvalue weighted by molar-refractivity contribution is -0.140. The van der Waals surface area contributed by atoms with Crippen LogP contribution in [0.15, 0.2) is 35.7 Å². The summed E-state index contributed by atoms with van der Waals surface area (Å²) in [4.78, 5) is 60.3. The second-order valence-corrected chi connectivity index (χ2v) is 16.5. The molecule has 0 spiro atoms. The van der Waals surface area contributed by atoms with Crippen LogP contribution >= 0.6 is 11.3 Å². The van der Waals surface area contributed by atoms with E-state index in [1.54, 1.807) is 12.4 Å². The van der Waals surface area contributed by atoms with Gasteiger partial charge in [0.25, 0.3) is 5.91 Å². The molecule has 0 radical (unpaired) electrons. The zero-order valence-electron chi connectivity index (χ0n) is 28.1. The number of benzene rings is 1. The Bertz CT molecular complexity index is 1840. The number of fused-ring (bicyclic) bond motifs is 2. The number of amides is 4. The number of halogens is 3. The van der Waals surface area contributed by atoms with E-state index in [0.717, 1.165) is 24.2 Å². The maximum Gasteiger partial charge on any atom is 0.416 e. The number of nitrogens with one attached hydrogen (secondary N) is 3. The quantitative estimate of drug-likeness (QED) is 0.333. The second kappa shape index (κ2) is 14.2. The average Bonchev–Trinajstić information content (AvgIpc) is 3.95. The Hall–Kier alpha value is -3.99. The van der Waals surface area contributed by atoms with Crippen molar-refractivity contribution in [1.82, 2.24) is 19.9 Å². The van der Waals surface area contributed by atoms with Gasteiger partial charge in [0.1, 0.15) is 16.7 Å². The number of thiazole rings is 1. The summed E-state index contributed by atoms with van der Waals surface area (Å²) in [7, 11) is -2.29. The van der Waals surface area contributed by atoms with Crippen LogP contribution in [0.5, 0.6) is 0 Å². The SMILES string of the molecule is CCc1csc(-c2ccc(C(F)(F)F)cc2NC(=O)O[C@@H]2C[C@H]3C(=O)N[C@]4(C(=O)NS(=O)(=O)C5CC5)C[C@H]4C=CCCCCN(C)C(=O)[C@@H]3C2)n1. The van der Waals surface area contributed by atoms with Crippen LogP contribution in [0, 0.1) is 17.8 Å². The standard InChI is InChI=1S/C34H40F3N5O7S2/c1-3-21-18-50-29(38-21)24-12-9-19(34(35,36)37)14-27(24)39-32(46)49-22-15-25-26(16-22)30(44)42(2)13-7-5-4-6-8-20-17-33(20,40-28(25)43)31(45)41-51(47,48)23-10-11-23/h6,8-9,12,14,18,20,22-23,25-26H,3-5,7,10-11,13,15-17H2,1-2H3,(H,39,46)(H,40,43)(H,41,45)/t20-,22-,25-,26-,33-/m1/s1. The molecule has 0 unspecified atom stereocenters. The third kappa shape index (κ3) is 8.08. The maximum absolute atomic E-state index is 14.0. The van der Waals surface area contributed by atoms with Gasteiger partial charge >= 0.3 is 12.3 Å². The number of anilines is 1. The minimum atomic E-state index is -4.69. The number of hydrogen-bond donors (Lipinski definition) is 3. The molecule has 3 aliphatic carbocycles. The zero-order valence-corrected chi connectivity index (χ0v) is 29.8. The van der Waals surface area contributed by atoms with Gasteiger partial charge in [0, 0.05) is 30.5 Å². The van der Waals surface area contributed by atoms with E-state index in [0.29, 0.717) is 43.7 Å². The molecule has 1 aromatic carbocycles. The molecule has 6 rings (SSSR count). The number of ether oxygens (including phenoxy) is 1. The third-order valence-electron chi connectivity index (χ3n) is 10.00. The molecule has 2 aromatic rings. The largest absolute Gasteiger partial charge is 0.446 e. The summed E-state index contributed by atoms with van der Waals surface area (Å²) in [5.41, 5.74) is -1.68. The lowest BCUT2D eigenvalue weighted by Gasteiger charge is -2.26. The third-order valence-corrected chi connectivity index (χ3v) is 12.7. The van der Waals surface area contributed by atoms with Crippen molar-refractivity contribution >= 4 is 50.9 Å². The molecule has 12 nitrogen and oxygen atoms in total. The Morgan fingerprint density at radius 3 is 2.59 bits per heavy atom. The van der Waals surface area contributed by atoms with Crippen molar-refractivity contribution in [2.45, 2.75) is 87.8 Å². The van der Waals surface area contributed by atoms with Crippen LogP contribution in [-0.2, 0) is 41.7 Å². The van der Waals surface area contributed by atoms with Crippen molar-refractivity contribution < 1.29 is 45.5 Å². The minimum Gasteiger partial charge on any atom is -0.446 e. The van der Waals surface area contributed by atoms with Crippen molar-refractivity contribution in [3.8, 4) is 10.6 Å². The van der Waals surface area contributed by atoms with Crippen LogP contribution in [0.3, 0.4) is 0 Å². The van der Waals surface area contributed by atoms with Gasteiger partial charge in [-0.1, -0.05) is 19.1 Å². The first-order valence-corrected chi connectivity index (χ1v) is 19.5. The highest BCUT2D eigenvalue weighted by atomic mass is 32.2. The molecule has 0 bridgehead atoms. The van der Waals surface area contributed by atoms with Gasteiger partial charge in [-0.25, -0.2) is 18.2 Å². The number of aryl methyl sites for hydroxylation is 1. The highest BCUT2D eigenvalue weighted by molar-refractivity contribution is 7.91. The van der Waals surface area contributed by atoms with E-state index >= 15 is 0 Å². The van der Waals surface area contributed by atoms with E-state index in [4.69, 9.17) is 4.74 Å². The highest BCUT2D eigenvalue weighted by Crippen LogP contribution is 2.47. The molecule has 276 valence electrons. The molecule has 2 heterocycles. The molecular formula is C34H40F3N5O7S2. The summed E-state index contributed by atoms with van der Waals surface area (Å²) in [6.07, 6.45) is 0.564. The molecule has 5 atom stereocenters. The van der Waals surface area contributed by atoms with Gasteiger partial charge in [-0.15, -0.1) is 11.3 Å². The van der Waals surface area contributed by atoms with Crippen LogP contribution in [0.1, 0.15) is 69.5 Å². The first-order chi connectivity index (χ1) is 24.1. The van der Waals surface area contributed by atoms with Crippen molar-refractivity contribution in [1.29, 1.82) is 0 Å². The Labute approximate surface area is 297 Å². The number of carbonyl (C=O) groups is 4. The van der Waals surface area contributed by atoms with Crippen LogP contribution in [-0.4, -0.2) is 72.6 Å². The summed E-state index contributed by atoms with van der Waals surface area (Å²) < 4.78 is 74.1. The molecule has 51 heavy (non-hydrogen) atoms. The number of alkyl halides is 3. The normalized spacial score (nSPS) is 27.1. The van der Waals surface area contributed by atoms with Gasteiger partial charge in [-0.2, -0.15) is 13.2 Å². The Morgan fingerprint density at radius 1 is 1.16 bits per heavy atom. The second-order valence-electron chi connectivity index (χ2n) is 13.7. The molecule has 1 aliphatic heterocycles. The number of nitrogens with zero attached hydrogens (tertiary/aromatic N) is 2. The number of rotatable bonds is 7. The van der Waals surface area contributed by atoms with E-state index in [2.05, 4.69) is 20.3 Å². The van der Waals surface area contributed by atoms with Crippen molar-refractivity contribution in [3.05, 3.63) is 47.0 Å². The molecule has 4 aliphatic rings. The smallest absolute Gasteiger partial charge is 0.416 e. The van der Waals surface area contributed by atoms with Crippen molar-refractivity contribution in [3.63, 3.8) is 0 Å². The van der Waals surface area contributed by atoms with Gasteiger partial charge in [0.05, 0.1) is 34.0 Å². The molecule has 3 saturated carbocycles. The molecular weight excluding hydrogens is 712 g/mol. The number of aromatic nitrogens is 1. The number of carbonyl (C=O) groups excluding carboxylic acids is 4. The van der Waals surface area contributed by atoms with Gasteiger partial charge in [-0.05, 0) is 76.0 Å². The Morgan fingerprint density at radius 2 is 1.90 bits per heavy atom. The van der Waals surface area contributed by atoms with Crippen molar-refractivity contribution in [2.75, 3.05) is 18.9 Å². The fraction of sp³-hybridized carbons (Fsp3) is 0.559. The van der Waals surface area contributed by atoms with E-state index in [1.807, 2.05) is 19.1 Å². The average molecular weight is 752 g/mol. The summed E-state index contributed by atoms with van der Waals surface area (Å²) in [5, 5.41) is 6.72. The molecule has 17 heteroatoms. The van der Waals surface area contributed by atoms with Gasteiger partial charge in [0.2, 0.25) is 21.8 Å². The first-order valence-electron chi connectivity index (χ1n) is 17.0. The molecule has 3 fully saturated rings. The van der Waals surface area contributed by atoms with E-state index in [1.165, 1.54) is 22.3 Å². The number of sulfonamides is 1. The lowest BCUT2D eigenvalue weighted by atomic mass is 9.93. The molecule has 4 amide bonds. The van der Waals surface area contributed by atoms with Crippen LogP contribution in [0.25, 0.3) is 10.6 Å². The van der Waals surface area contributed by atoms with Gasteiger partial charge in [-0.3, -0.25) is 24.4 Å². The van der Waals surface area contributed by atoms with E-state index < -0.39 is 74.3 Å². The summed E-state index contributed by atoms with van der Waals surface area (Å²) in [6, 6.07) is 2.94. The molecule has 0 saturated heterocycles. The Balaban J connectivity index is 1.22. The van der Waals surface area contributed by atoms with Gasteiger partial charge in [0.15, 0.2) is 0 Å². The van der Waals surface area contributed by atoms with Crippen LogP contribution in [0.4, 0.5) is 23.7 Å². The minimum absolute atomic E-state index is 0.0466. The summed E-state index contributed by atoms with van der Waals surface area (Å²) >= 11 is 1.22. The predicted octanol–water partition coefficient (Wildman–Crippen LogP) is 5.02. The maximum atomic E-state index is 14.0.